The molecule has 1 aliphatic carbocycles. The third kappa shape index (κ3) is 2.33. The number of amides is 1. The number of aliphatic hydroxyl groups excluding tert-OH is 1. The second-order valence-corrected chi connectivity index (χ2v) is 4.36. The van der Waals surface area contributed by atoms with Crippen molar-refractivity contribution in [1.82, 2.24) is 5.32 Å². The predicted molar refractivity (Wildman–Crippen MR) is 61.8 cm³/mol. The highest BCUT2D eigenvalue weighted by Gasteiger charge is 2.43. The molecule has 0 saturated heterocycles. The van der Waals surface area contributed by atoms with Crippen LogP contribution in [-0.4, -0.2) is 23.2 Å². The van der Waals surface area contributed by atoms with Crippen molar-refractivity contribution in [1.29, 1.82) is 0 Å². The Morgan fingerprint density at radius 1 is 1.44 bits per heavy atom. The summed E-state index contributed by atoms with van der Waals surface area (Å²) >= 11 is 0. The lowest BCUT2D eigenvalue weighted by Gasteiger charge is -2.14. The van der Waals surface area contributed by atoms with Crippen LogP contribution >= 0.6 is 0 Å². The van der Waals surface area contributed by atoms with Gasteiger partial charge in [0.15, 0.2) is 0 Å². The average Bonchev–Trinajstić information content (AvgIpc) is 3.02. The largest absolute Gasteiger partial charge is 0.398 e. The molecule has 4 N–H and O–H groups in total. The van der Waals surface area contributed by atoms with E-state index < -0.39 is 0 Å². The highest BCUT2D eigenvalue weighted by Crippen LogP contribution is 2.34. The van der Waals surface area contributed by atoms with Gasteiger partial charge >= 0.3 is 0 Å². The van der Waals surface area contributed by atoms with Crippen molar-refractivity contribution in [3.05, 3.63) is 29.8 Å². The number of carbonyl (C=O) groups is 1. The first kappa shape index (κ1) is 11.0. The molecule has 1 fully saturated rings. The first-order valence-corrected chi connectivity index (χ1v) is 5.40. The van der Waals surface area contributed by atoms with Crippen LogP contribution < -0.4 is 11.1 Å². The van der Waals surface area contributed by atoms with Crippen LogP contribution in [0.5, 0.6) is 0 Å². The van der Waals surface area contributed by atoms with E-state index in [0.717, 1.165) is 18.4 Å². The van der Waals surface area contributed by atoms with Crippen LogP contribution in [0.15, 0.2) is 24.3 Å². The summed E-state index contributed by atoms with van der Waals surface area (Å²) in [5.41, 5.74) is 6.86. The summed E-state index contributed by atoms with van der Waals surface area (Å²) in [6.07, 6.45) is 1.99. The third-order valence-electron chi connectivity index (χ3n) is 2.97. The smallest absolute Gasteiger partial charge is 0.225 e. The number of nitrogens with two attached hydrogens (primary N) is 1. The molecule has 16 heavy (non-hydrogen) atoms. The first-order valence-electron chi connectivity index (χ1n) is 5.40. The Morgan fingerprint density at radius 3 is 2.69 bits per heavy atom. The number of para-hydroxylation sites is 1. The zero-order valence-corrected chi connectivity index (χ0v) is 9.07. The van der Waals surface area contributed by atoms with Gasteiger partial charge in [0.05, 0.1) is 18.6 Å². The van der Waals surface area contributed by atoms with Gasteiger partial charge in [0.2, 0.25) is 5.91 Å². The molecular formula is C12H16N2O2. The topological polar surface area (TPSA) is 75.4 Å². The van der Waals surface area contributed by atoms with Gasteiger partial charge in [-0.05, 0) is 24.5 Å². The van der Waals surface area contributed by atoms with E-state index in [1.54, 1.807) is 6.07 Å². The lowest BCUT2D eigenvalue weighted by molar-refractivity contribution is -0.121. The highest BCUT2D eigenvalue weighted by atomic mass is 16.3. The molecule has 4 heteroatoms. The lowest BCUT2D eigenvalue weighted by Crippen LogP contribution is -2.40. The van der Waals surface area contributed by atoms with Gasteiger partial charge in [0.1, 0.15) is 0 Å². The molecule has 1 amide bonds. The number of hydrogen-bond acceptors (Lipinski definition) is 3. The van der Waals surface area contributed by atoms with E-state index >= 15 is 0 Å². The minimum Gasteiger partial charge on any atom is -0.398 e. The molecule has 0 bridgehead atoms. The van der Waals surface area contributed by atoms with Gasteiger partial charge < -0.3 is 16.2 Å². The molecular weight excluding hydrogens is 204 g/mol. The van der Waals surface area contributed by atoms with Gasteiger partial charge in [-0.25, -0.2) is 0 Å². The normalized spacial score (nSPS) is 16.8. The molecule has 0 radical (unpaired) electrons. The Morgan fingerprint density at radius 2 is 2.12 bits per heavy atom. The number of rotatable bonds is 4. The van der Waals surface area contributed by atoms with Crippen LogP contribution in [0.25, 0.3) is 0 Å². The first-order chi connectivity index (χ1) is 7.65. The molecule has 0 spiro atoms. The standard InChI is InChI=1S/C12H16N2O2/c13-10-4-2-1-3-9(10)7-11(16)14-12(8-15)5-6-12/h1-4,15H,5-8,13H2,(H,14,16). The summed E-state index contributed by atoms with van der Waals surface area (Å²) in [6, 6.07) is 7.32. The minimum atomic E-state index is -0.347. The number of nitrogens with one attached hydrogen (secondary N) is 1. The number of benzene rings is 1. The summed E-state index contributed by atoms with van der Waals surface area (Å²) in [7, 11) is 0. The fourth-order valence-corrected chi connectivity index (χ4v) is 1.68. The quantitative estimate of drug-likeness (QED) is 0.645. The number of carbonyl (C=O) groups excluding carboxylic acids is 1. The van der Waals surface area contributed by atoms with Crippen molar-refractivity contribution < 1.29 is 9.90 Å². The molecule has 0 heterocycles. The summed E-state index contributed by atoms with van der Waals surface area (Å²) in [5.74, 6) is -0.0792. The zero-order valence-electron chi connectivity index (χ0n) is 9.07. The zero-order chi connectivity index (χ0) is 11.6. The van der Waals surface area contributed by atoms with Crippen LogP contribution in [0, 0.1) is 0 Å². The SMILES string of the molecule is Nc1ccccc1CC(=O)NC1(CO)CC1. The van der Waals surface area contributed by atoms with Crippen LogP contribution in [-0.2, 0) is 11.2 Å². The van der Waals surface area contributed by atoms with Crippen molar-refractivity contribution >= 4 is 11.6 Å². The molecule has 1 aliphatic rings. The van der Waals surface area contributed by atoms with Crippen LogP contribution in [0.4, 0.5) is 5.69 Å². The van der Waals surface area contributed by atoms with Gasteiger partial charge in [0, 0.05) is 5.69 Å². The maximum absolute atomic E-state index is 11.7. The number of anilines is 1. The molecule has 1 aromatic carbocycles. The Bertz CT molecular complexity index is 400. The van der Waals surface area contributed by atoms with E-state index in [1.807, 2.05) is 18.2 Å². The average molecular weight is 220 g/mol. The summed E-state index contributed by atoms with van der Waals surface area (Å²) in [5, 5.41) is 11.9. The minimum absolute atomic E-state index is 0.0169. The van der Waals surface area contributed by atoms with Crippen molar-refractivity contribution in [2.75, 3.05) is 12.3 Å². The van der Waals surface area contributed by atoms with E-state index in [0.29, 0.717) is 5.69 Å². The second-order valence-electron chi connectivity index (χ2n) is 4.36. The van der Waals surface area contributed by atoms with Crippen LogP contribution in [0.2, 0.25) is 0 Å². The van der Waals surface area contributed by atoms with E-state index in [4.69, 9.17) is 10.8 Å². The van der Waals surface area contributed by atoms with Gasteiger partial charge in [-0.1, -0.05) is 18.2 Å². The summed E-state index contributed by atoms with van der Waals surface area (Å²) < 4.78 is 0. The third-order valence-corrected chi connectivity index (χ3v) is 2.97. The van der Waals surface area contributed by atoms with E-state index in [2.05, 4.69) is 5.32 Å². The Kier molecular flexibility index (Phi) is 2.83. The van der Waals surface area contributed by atoms with Gasteiger partial charge in [-0.3, -0.25) is 4.79 Å². The molecule has 1 aromatic rings. The van der Waals surface area contributed by atoms with Gasteiger partial charge in [-0.2, -0.15) is 0 Å². The van der Waals surface area contributed by atoms with E-state index in [-0.39, 0.29) is 24.5 Å². The predicted octanol–water partition coefficient (Wildman–Crippen LogP) is 0.452. The van der Waals surface area contributed by atoms with Gasteiger partial charge in [-0.15, -0.1) is 0 Å². The Labute approximate surface area is 94.5 Å². The lowest BCUT2D eigenvalue weighted by atomic mass is 10.1. The van der Waals surface area contributed by atoms with E-state index in [1.165, 1.54) is 0 Å². The fourth-order valence-electron chi connectivity index (χ4n) is 1.68. The Balaban J connectivity index is 1.95. The number of nitrogen functional groups attached to an aromatic ring is 1. The van der Waals surface area contributed by atoms with Crippen molar-refractivity contribution in [2.45, 2.75) is 24.8 Å². The van der Waals surface area contributed by atoms with Gasteiger partial charge in [0.25, 0.3) is 0 Å². The number of hydrogen-bond donors (Lipinski definition) is 3. The maximum atomic E-state index is 11.7. The molecule has 0 aromatic heterocycles. The monoisotopic (exact) mass is 220 g/mol. The number of aliphatic hydroxyl groups is 1. The molecule has 0 aliphatic heterocycles. The molecule has 1 saturated carbocycles. The molecule has 4 nitrogen and oxygen atoms in total. The van der Waals surface area contributed by atoms with Crippen molar-refractivity contribution in [3.8, 4) is 0 Å². The van der Waals surface area contributed by atoms with Crippen molar-refractivity contribution in [3.63, 3.8) is 0 Å². The Hall–Kier alpha value is -1.55. The maximum Gasteiger partial charge on any atom is 0.225 e. The fraction of sp³-hybridized carbons (Fsp3) is 0.417. The summed E-state index contributed by atoms with van der Waals surface area (Å²) in [6.45, 7) is 0.0169. The van der Waals surface area contributed by atoms with Crippen molar-refractivity contribution in [2.24, 2.45) is 0 Å². The van der Waals surface area contributed by atoms with Crippen LogP contribution in [0.1, 0.15) is 18.4 Å². The molecule has 0 atom stereocenters. The van der Waals surface area contributed by atoms with Crippen LogP contribution in [0.3, 0.4) is 0 Å². The van der Waals surface area contributed by atoms with E-state index in [9.17, 15) is 4.79 Å². The summed E-state index contributed by atoms with van der Waals surface area (Å²) in [4.78, 5) is 11.7. The highest BCUT2D eigenvalue weighted by molar-refractivity contribution is 5.81. The molecule has 2 rings (SSSR count). The second kappa shape index (κ2) is 4.14. The molecule has 0 unspecified atom stereocenters. The molecule has 86 valence electrons.